The molecule has 1 aliphatic rings. The number of Topliss-reactive ketones (excluding diaryl/α,β-unsaturated/α-hetero) is 1. The van der Waals surface area contributed by atoms with Crippen molar-refractivity contribution in [2.24, 2.45) is 5.92 Å². The third-order valence-corrected chi connectivity index (χ3v) is 5.24. The SMILES string of the molecule is COc1cc(F)ccc1CCC(=O)CCc1nnc(CCC(C)C)n1C1CC1. The Morgan fingerprint density at radius 3 is 2.50 bits per heavy atom. The highest BCUT2D eigenvalue weighted by molar-refractivity contribution is 5.78. The topological polar surface area (TPSA) is 57.0 Å². The van der Waals surface area contributed by atoms with E-state index in [9.17, 15) is 9.18 Å². The molecule has 0 radical (unpaired) electrons. The number of carbonyl (C=O) groups is 1. The molecule has 6 heteroatoms. The van der Waals surface area contributed by atoms with E-state index in [1.807, 2.05) is 0 Å². The Hall–Kier alpha value is -2.24. The van der Waals surface area contributed by atoms with Gasteiger partial charge in [-0.05, 0) is 43.2 Å². The van der Waals surface area contributed by atoms with Crippen LogP contribution < -0.4 is 4.74 Å². The van der Waals surface area contributed by atoms with E-state index < -0.39 is 0 Å². The van der Waals surface area contributed by atoms with Crippen LogP contribution in [0.15, 0.2) is 18.2 Å². The minimum atomic E-state index is -0.334. The summed E-state index contributed by atoms with van der Waals surface area (Å²) in [4.78, 5) is 12.4. The molecule has 1 aromatic heterocycles. The maximum atomic E-state index is 13.3. The van der Waals surface area contributed by atoms with Gasteiger partial charge in [-0.3, -0.25) is 4.79 Å². The minimum absolute atomic E-state index is 0.181. The van der Waals surface area contributed by atoms with Crippen LogP contribution in [0.2, 0.25) is 0 Å². The van der Waals surface area contributed by atoms with Crippen molar-refractivity contribution in [1.29, 1.82) is 0 Å². The van der Waals surface area contributed by atoms with Gasteiger partial charge >= 0.3 is 0 Å². The van der Waals surface area contributed by atoms with Crippen molar-refractivity contribution < 1.29 is 13.9 Å². The number of halogens is 1. The molecule has 1 fully saturated rings. The molecule has 0 aliphatic heterocycles. The Bertz CT molecular complexity index is 812. The molecule has 0 saturated heterocycles. The predicted molar refractivity (Wildman–Crippen MR) is 106 cm³/mol. The van der Waals surface area contributed by atoms with Crippen molar-refractivity contribution in [2.75, 3.05) is 7.11 Å². The minimum Gasteiger partial charge on any atom is -0.496 e. The summed E-state index contributed by atoms with van der Waals surface area (Å²) in [7, 11) is 1.52. The van der Waals surface area contributed by atoms with E-state index in [4.69, 9.17) is 4.74 Å². The maximum absolute atomic E-state index is 13.3. The van der Waals surface area contributed by atoms with Crippen LogP contribution in [0.3, 0.4) is 0 Å². The molecular formula is C22H30FN3O2. The van der Waals surface area contributed by atoms with Crippen LogP contribution >= 0.6 is 0 Å². The zero-order valence-electron chi connectivity index (χ0n) is 17.1. The normalized spacial score (nSPS) is 13.9. The lowest BCUT2D eigenvalue weighted by Crippen LogP contribution is -2.10. The van der Waals surface area contributed by atoms with Gasteiger partial charge in [0.1, 0.15) is 29.0 Å². The highest BCUT2D eigenvalue weighted by Crippen LogP contribution is 2.37. The molecule has 1 aliphatic carbocycles. The fourth-order valence-corrected chi connectivity index (χ4v) is 3.45. The summed E-state index contributed by atoms with van der Waals surface area (Å²) in [6, 6.07) is 4.97. The van der Waals surface area contributed by atoms with Gasteiger partial charge in [-0.25, -0.2) is 4.39 Å². The second-order valence-electron chi connectivity index (χ2n) is 8.06. The number of aryl methyl sites for hydroxylation is 3. The Kier molecular flexibility index (Phi) is 6.81. The number of nitrogens with zero attached hydrogens (tertiary/aromatic N) is 3. The van der Waals surface area contributed by atoms with E-state index in [1.165, 1.54) is 32.1 Å². The molecule has 0 atom stereocenters. The molecule has 5 nitrogen and oxygen atoms in total. The largest absolute Gasteiger partial charge is 0.496 e. The summed E-state index contributed by atoms with van der Waals surface area (Å²) in [6.07, 6.45) is 6.46. The van der Waals surface area contributed by atoms with E-state index in [0.29, 0.717) is 43.4 Å². The van der Waals surface area contributed by atoms with E-state index in [2.05, 4.69) is 28.6 Å². The van der Waals surface area contributed by atoms with Gasteiger partial charge in [-0.15, -0.1) is 10.2 Å². The highest BCUT2D eigenvalue weighted by Gasteiger charge is 2.29. The number of hydrogen-bond acceptors (Lipinski definition) is 4. The number of aromatic nitrogens is 3. The first-order valence-electron chi connectivity index (χ1n) is 10.2. The van der Waals surface area contributed by atoms with Crippen molar-refractivity contribution in [3.63, 3.8) is 0 Å². The number of methoxy groups -OCH3 is 1. The van der Waals surface area contributed by atoms with Gasteiger partial charge in [0, 0.05) is 37.8 Å². The second kappa shape index (κ2) is 9.30. The van der Waals surface area contributed by atoms with Crippen LogP contribution in [-0.4, -0.2) is 27.7 Å². The van der Waals surface area contributed by atoms with Crippen molar-refractivity contribution in [3.05, 3.63) is 41.2 Å². The quantitative estimate of drug-likeness (QED) is 0.570. The first kappa shape index (κ1) is 20.5. The molecular weight excluding hydrogens is 357 g/mol. The van der Waals surface area contributed by atoms with Gasteiger partial charge in [0.05, 0.1) is 7.11 Å². The Morgan fingerprint density at radius 1 is 1.18 bits per heavy atom. The Labute approximate surface area is 166 Å². The lowest BCUT2D eigenvalue weighted by Gasteiger charge is -2.10. The monoisotopic (exact) mass is 387 g/mol. The van der Waals surface area contributed by atoms with E-state index in [-0.39, 0.29) is 11.6 Å². The Balaban J connectivity index is 1.55. The molecule has 0 amide bonds. The van der Waals surface area contributed by atoms with Crippen LogP contribution in [-0.2, 0) is 24.1 Å². The molecule has 2 aromatic rings. The molecule has 1 heterocycles. The smallest absolute Gasteiger partial charge is 0.133 e. The third kappa shape index (κ3) is 5.40. The molecule has 1 aromatic carbocycles. The molecule has 0 unspecified atom stereocenters. The molecule has 0 spiro atoms. The van der Waals surface area contributed by atoms with E-state index in [0.717, 1.165) is 30.1 Å². The molecule has 0 bridgehead atoms. The summed E-state index contributed by atoms with van der Waals surface area (Å²) < 4.78 is 20.8. The molecule has 152 valence electrons. The fraction of sp³-hybridized carbons (Fsp3) is 0.591. The lowest BCUT2D eigenvalue weighted by atomic mass is 10.0. The average molecular weight is 387 g/mol. The van der Waals surface area contributed by atoms with Gasteiger partial charge in [0.25, 0.3) is 0 Å². The summed E-state index contributed by atoms with van der Waals surface area (Å²) >= 11 is 0. The number of rotatable bonds is 11. The van der Waals surface area contributed by atoms with E-state index in [1.54, 1.807) is 6.07 Å². The van der Waals surface area contributed by atoms with Crippen molar-refractivity contribution in [1.82, 2.24) is 14.8 Å². The molecule has 3 rings (SSSR count). The first-order valence-corrected chi connectivity index (χ1v) is 10.2. The van der Waals surface area contributed by atoms with E-state index >= 15 is 0 Å². The number of benzene rings is 1. The summed E-state index contributed by atoms with van der Waals surface area (Å²) in [6.45, 7) is 4.43. The lowest BCUT2D eigenvalue weighted by molar-refractivity contribution is -0.119. The maximum Gasteiger partial charge on any atom is 0.133 e. The number of carbonyl (C=O) groups excluding carboxylic acids is 1. The van der Waals surface area contributed by atoms with Gasteiger partial charge in [-0.1, -0.05) is 19.9 Å². The average Bonchev–Trinajstić information content (AvgIpc) is 3.43. The summed E-state index contributed by atoms with van der Waals surface area (Å²) in [5.41, 5.74) is 0.856. The van der Waals surface area contributed by atoms with Crippen LogP contribution in [0.1, 0.15) is 69.2 Å². The van der Waals surface area contributed by atoms with Gasteiger partial charge in [-0.2, -0.15) is 0 Å². The van der Waals surface area contributed by atoms with Crippen molar-refractivity contribution >= 4 is 5.78 Å². The number of ether oxygens (including phenoxy) is 1. The molecule has 1 saturated carbocycles. The predicted octanol–water partition coefficient (Wildman–Crippen LogP) is 4.48. The zero-order valence-corrected chi connectivity index (χ0v) is 17.1. The van der Waals surface area contributed by atoms with Crippen LogP contribution in [0.4, 0.5) is 4.39 Å². The standard InChI is InChI=1S/C22H30FN3O2/c1-15(2)4-12-21-24-25-22(26(21)18-8-9-18)13-11-19(27)10-6-16-5-7-17(23)14-20(16)28-3/h5,7,14-15,18H,4,6,8-13H2,1-3H3. The van der Waals surface area contributed by atoms with Gasteiger partial charge in [0.15, 0.2) is 0 Å². The van der Waals surface area contributed by atoms with Gasteiger partial charge in [0.2, 0.25) is 0 Å². The van der Waals surface area contributed by atoms with Crippen LogP contribution in [0, 0.1) is 11.7 Å². The number of ketones is 1. The molecule has 0 N–H and O–H groups in total. The van der Waals surface area contributed by atoms with Gasteiger partial charge < -0.3 is 9.30 Å². The summed E-state index contributed by atoms with van der Waals surface area (Å²) in [5, 5.41) is 8.78. The van der Waals surface area contributed by atoms with Crippen molar-refractivity contribution in [2.45, 2.75) is 71.3 Å². The first-order chi connectivity index (χ1) is 13.5. The van der Waals surface area contributed by atoms with Crippen LogP contribution in [0.5, 0.6) is 5.75 Å². The third-order valence-electron chi connectivity index (χ3n) is 5.24. The Morgan fingerprint density at radius 2 is 1.86 bits per heavy atom. The fourth-order valence-electron chi connectivity index (χ4n) is 3.45. The van der Waals surface area contributed by atoms with Crippen molar-refractivity contribution in [3.8, 4) is 5.75 Å². The number of hydrogen-bond donors (Lipinski definition) is 0. The summed E-state index contributed by atoms with van der Waals surface area (Å²) in [5.74, 6) is 2.98. The second-order valence-corrected chi connectivity index (χ2v) is 8.06. The highest BCUT2D eigenvalue weighted by atomic mass is 19.1. The zero-order chi connectivity index (χ0) is 20.1. The molecule has 28 heavy (non-hydrogen) atoms. The van der Waals surface area contributed by atoms with Crippen LogP contribution in [0.25, 0.3) is 0 Å².